The van der Waals surface area contributed by atoms with E-state index in [-0.39, 0.29) is 24.3 Å². The number of benzene rings is 1. The maximum Gasteiger partial charge on any atom is 0.128 e. The second kappa shape index (κ2) is 9.09. The van der Waals surface area contributed by atoms with Crippen LogP contribution in [0.4, 0.5) is 4.39 Å². The number of nitrogens with one attached hydrogen (secondary N) is 1. The number of halogens is 3. The summed E-state index contributed by atoms with van der Waals surface area (Å²) in [6, 6.07) is 5.48. The molecule has 0 radical (unpaired) electrons. The Labute approximate surface area is 142 Å². The van der Waals surface area contributed by atoms with E-state index in [1.807, 2.05) is 6.07 Å². The summed E-state index contributed by atoms with van der Waals surface area (Å²) in [6.45, 7) is 8.41. The fraction of sp³-hybridized carbons (Fsp3) is 0.625. The Morgan fingerprint density at radius 2 is 2.00 bits per heavy atom. The maximum atomic E-state index is 14.3. The molecule has 21 heavy (non-hydrogen) atoms. The zero-order chi connectivity index (χ0) is 14.5. The van der Waals surface area contributed by atoms with Gasteiger partial charge in [0, 0.05) is 42.3 Å². The first kappa shape index (κ1) is 18.9. The van der Waals surface area contributed by atoms with E-state index in [4.69, 9.17) is 0 Å². The molecule has 1 N–H and O–H groups in total. The second-order valence-electron chi connectivity index (χ2n) is 5.66. The molecular formula is C16H25BrClFN2. The second-order valence-corrected chi connectivity index (χ2v) is 6.58. The van der Waals surface area contributed by atoms with Gasteiger partial charge in [0.1, 0.15) is 5.82 Å². The molecule has 2 nitrogen and oxygen atoms in total. The Morgan fingerprint density at radius 3 is 2.62 bits per heavy atom. The van der Waals surface area contributed by atoms with Crippen molar-refractivity contribution in [2.24, 2.45) is 5.92 Å². The van der Waals surface area contributed by atoms with E-state index in [2.05, 4.69) is 40.0 Å². The van der Waals surface area contributed by atoms with Crippen LogP contribution in [0.25, 0.3) is 0 Å². The van der Waals surface area contributed by atoms with Crippen molar-refractivity contribution in [3.63, 3.8) is 0 Å². The maximum absolute atomic E-state index is 14.3. The molecule has 0 amide bonds. The minimum atomic E-state index is -0.0836. The molecule has 0 bridgehead atoms. The lowest BCUT2D eigenvalue weighted by molar-refractivity contribution is 0.123. The lowest BCUT2D eigenvalue weighted by Crippen LogP contribution is -2.46. The number of nitrogens with zero attached hydrogens (tertiary/aromatic N) is 1. The molecule has 1 fully saturated rings. The third-order valence-corrected chi connectivity index (χ3v) is 4.60. The van der Waals surface area contributed by atoms with Crippen molar-refractivity contribution in [3.05, 3.63) is 34.1 Å². The van der Waals surface area contributed by atoms with Gasteiger partial charge in [-0.2, -0.15) is 0 Å². The van der Waals surface area contributed by atoms with E-state index >= 15 is 0 Å². The lowest BCUT2D eigenvalue weighted by Gasteiger charge is -2.39. The fourth-order valence-corrected chi connectivity index (χ4v) is 3.56. The van der Waals surface area contributed by atoms with Crippen molar-refractivity contribution in [2.75, 3.05) is 26.2 Å². The Morgan fingerprint density at radius 1 is 1.33 bits per heavy atom. The molecule has 2 atom stereocenters. The lowest BCUT2D eigenvalue weighted by atomic mass is 9.89. The third kappa shape index (κ3) is 4.92. The standard InChI is InChI=1S/C16H24BrFN2.ClH/c1-3-4-12(2)16(20-9-7-19-8-10-20)14-11-13(17)5-6-15(14)18;/h5-6,11-12,16,19H,3-4,7-10H2,1-2H3;1H/t12?,16-;/m1./s1. The van der Waals surface area contributed by atoms with Crippen LogP contribution in [0, 0.1) is 11.7 Å². The van der Waals surface area contributed by atoms with Gasteiger partial charge in [-0.3, -0.25) is 4.90 Å². The van der Waals surface area contributed by atoms with Crippen LogP contribution < -0.4 is 5.32 Å². The summed E-state index contributed by atoms with van der Waals surface area (Å²) in [7, 11) is 0. The molecular weight excluding hydrogens is 355 g/mol. The van der Waals surface area contributed by atoms with E-state index in [0.717, 1.165) is 49.1 Å². The smallest absolute Gasteiger partial charge is 0.128 e. The summed E-state index contributed by atoms with van der Waals surface area (Å²) in [5.74, 6) is 0.376. The van der Waals surface area contributed by atoms with E-state index in [9.17, 15) is 4.39 Å². The summed E-state index contributed by atoms with van der Waals surface area (Å²) in [5, 5.41) is 3.37. The van der Waals surface area contributed by atoms with Gasteiger partial charge in [-0.15, -0.1) is 12.4 Å². The van der Waals surface area contributed by atoms with Gasteiger partial charge in [0.25, 0.3) is 0 Å². The van der Waals surface area contributed by atoms with Gasteiger partial charge in [0.2, 0.25) is 0 Å². The summed E-state index contributed by atoms with van der Waals surface area (Å²) in [4.78, 5) is 2.43. The highest BCUT2D eigenvalue weighted by atomic mass is 79.9. The van der Waals surface area contributed by atoms with Crippen LogP contribution in [0.15, 0.2) is 22.7 Å². The van der Waals surface area contributed by atoms with Crippen LogP contribution in [-0.2, 0) is 0 Å². The average Bonchev–Trinajstić information content (AvgIpc) is 2.44. The minimum Gasteiger partial charge on any atom is -0.314 e. The van der Waals surface area contributed by atoms with E-state index in [0.29, 0.717) is 5.92 Å². The third-order valence-electron chi connectivity index (χ3n) is 4.10. The fourth-order valence-electron chi connectivity index (χ4n) is 3.18. The van der Waals surface area contributed by atoms with Gasteiger partial charge in [-0.25, -0.2) is 4.39 Å². The molecule has 1 aromatic rings. The Bertz CT molecular complexity index is 438. The minimum absolute atomic E-state index is 0. The van der Waals surface area contributed by atoms with E-state index in [1.54, 1.807) is 12.1 Å². The zero-order valence-electron chi connectivity index (χ0n) is 12.7. The summed E-state index contributed by atoms with van der Waals surface area (Å²) < 4.78 is 15.3. The molecule has 1 aliphatic heterocycles. The molecule has 1 unspecified atom stereocenters. The van der Waals surface area contributed by atoms with Gasteiger partial charge in [-0.1, -0.05) is 36.2 Å². The first-order valence-electron chi connectivity index (χ1n) is 7.53. The predicted molar refractivity (Wildman–Crippen MR) is 92.6 cm³/mol. The zero-order valence-corrected chi connectivity index (χ0v) is 15.1. The number of hydrogen-bond acceptors (Lipinski definition) is 2. The van der Waals surface area contributed by atoms with Crippen molar-refractivity contribution in [1.29, 1.82) is 0 Å². The van der Waals surface area contributed by atoms with Crippen LogP contribution in [0.3, 0.4) is 0 Å². The van der Waals surface area contributed by atoms with E-state index < -0.39 is 0 Å². The quantitative estimate of drug-likeness (QED) is 0.816. The van der Waals surface area contributed by atoms with Gasteiger partial charge in [-0.05, 0) is 30.5 Å². The molecule has 0 spiro atoms. The topological polar surface area (TPSA) is 15.3 Å². The molecule has 1 saturated heterocycles. The first-order valence-corrected chi connectivity index (χ1v) is 8.32. The molecule has 5 heteroatoms. The Balaban J connectivity index is 0.00000220. The average molecular weight is 380 g/mol. The molecule has 0 aromatic heterocycles. The van der Waals surface area contributed by atoms with Crippen LogP contribution in [-0.4, -0.2) is 31.1 Å². The monoisotopic (exact) mass is 378 g/mol. The molecule has 120 valence electrons. The molecule has 1 aromatic carbocycles. The number of piperazine rings is 1. The largest absolute Gasteiger partial charge is 0.314 e. The van der Waals surface area contributed by atoms with Crippen LogP contribution in [0.1, 0.15) is 38.3 Å². The Hall–Kier alpha value is -0.160. The molecule has 1 aliphatic rings. The van der Waals surface area contributed by atoms with Gasteiger partial charge >= 0.3 is 0 Å². The SMILES string of the molecule is CCCC(C)[C@H](c1cc(Br)ccc1F)N1CCNCC1.Cl. The van der Waals surface area contributed by atoms with Crippen LogP contribution in [0.2, 0.25) is 0 Å². The van der Waals surface area contributed by atoms with Crippen molar-refractivity contribution < 1.29 is 4.39 Å². The van der Waals surface area contributed by atoms with Gasteiger partial charge in [0.15, 0.2) is 0 Å². The summed E-state index contributed by atoms with van der Waals surface area (Å²) in [6.07, 6.45) is 2.26. The number of rotatable bonds is 5. The molecule has 0 saturated carbocycles. The van der Waals surface area contributed by atoms with Crippen molar-refractivity contribution in [1.82, 2.24) is 10.2 Å². The van der Waals surface area contributed by atoms with E-state index in [1.165, 1.54) is 0 Å². The van der Waals surface area contributed by atoms with Crippen molar-refractivity contribution in [3.8, 4) is 0 Å². The Kier molecular flexibility index (Phi) is 8.17. The highest BCUT2D eigenvalue weighted by Crippen LogP contribution is 2.34. The van der Waals surface area contributed by atoms with Crippen molar-refractivity contribution >= 4 is 28.3 Å². The molecule has 1 heterocycles. The highest BCUT2D eigenvalue weighted by Gasteiger charge is 2.29. The number of hydrogen-bond donors (Lipinski definition) is 1. The molecule has 0 aliphatic carbocycles. The van der Waals surface area contributed by atoms with Crippen molar-refractivity contribution in [2.45, 2.75) is 32.7 Å². The predicted octanol–water partition coefficient (Wildman–Crippen LogP) is 4.39. The summed E-state index contributed by atoms with van der Waals surface area (Å²) in [5.41, 5.74) is 0.835. The van der Waals surface area contributed by atoms with Crippen LogP contribution >= 0.6 is 28.3 Å². The summed E-state index contributed by atoms with van der Waals surface area (Å²) >= 11 is 3.48. The first-order chi connectivity index (χ1) is 9.63. The van der Waals surface area contributed by atoms with Gasteiger partial charge in [0.05, 0.1) is 0 Å². The van der Waals surface area contributed by atoms with Crippen LogP contribution in [0.5, 0.6) is 0 Å². The highest BCUT2D eigenvalue weighted by molar-refractivity contribution is 9.10. The molecule has 2 rings (SSSR count). The van der Waals surface area contributed by atoms with Gasteiger partial charge < -0.3 is 5.32 Å². The normalized spacial score (nSPS) is 18.9.